The number of rotatable bonds is 3. The normalized spacial score (nSPS) is 16.4. The lowest BCUT2D eigenvalue weighted by Crippen LogP contribution is -2.39. The van der Waals surface area contributed by atoms with Gasteiger partial charge in [-0.15, -0.1) is 0 Å². The van der Waals surface area contributed by atoms with Gasteiger partial charge in [0.05, 0.1) is 5.39 Å². The molecule has 26 heavy (non-hydrogen) atoms. The average Bonchev–Trinajstić information content (AvgIpc) is 2.64. The van der Waals surface area contributed by atoms with Gasteiger partial charge in [-0.3, -0.25) is 18.7 Å². The summed E-state index contributed by atoms with van der Waals surface area (Å²) in [5.41, 5.74) is 0.682. The molecular formula is C18H23N5O3. The van der Waals surface area contributed by atoms with Gasteiger partial charge < -0.3 is 10.2 Å². The van der Waals surface area contributed by atoms with Gasteiger partial charge in [-0.2, -0.15) is 0 Å². The predicted molar refractivity (Wildman–Crippen MR) is 99.4 cm³/mol. The Kier molecular flexibility index (Phi) is 4.78. The number of nitrogens with one attached hydrogen (secondary N) is 1. The molecule has 0 aliphatic carbocycles. The van der Waals surface area contributed by atoms with Crippen molar-refractivity contribution >= 4 is 16.9 Å². The molecule has 0 saturated carbocycles. The zero-order chi connectivity index (χ0) is 19.0. The molecule has 1 amide bonds. The Labute approximate surface area is 150 Å². The van der Waals surface area contributed by atoms with Crippen molar-refractivity contribution in [1.82, 2.24) is 24.3 Å². The monoisotopic (exact) mass is 357 g/mol. The van der Waals surface area contributed by atoms with E-state index in [0.717, 1.165) is 24.1 Å². The molecule has 1 atom stereocenters. The molecule has 0 saturated heterocycles. The van der Waals surface area contributed by atoms with Crippen LogP contribution < -0.4 is 16.6 Å². The lowest BCUT2D eigenvalue weighted by Gasteiger charge is -2.26. The number of carbonyl (C=O) groups excluding carboxylic acids is 1. The highest BCUT2D eigenvalue weighted by Gasteiger charge is 2.18. The molecular weight excluding hydrogens is 334 g/mol. The third-order valence-electron chi connectivity index (χ3n) is 4.89. The number of aryl methyl sites for hydroxylation is 1. The van der Waals surface area contributed by atoms with Crippen LogP contribution >= 0.6 is 0 Å². The standard InChI is InChI=1S/C18H23N5O3/c1-11(12-7-9-21(2)10-8-12)19-16(24)14-6-5-13-15(20-14)22(3)18(26)23(4)17(13)25/h5-7,11H,8-10H2,1-4H3,(H,19,24). The summed E-state index contributed by atoms with van der Waals surface area (Å²) < 4.78 is 2.30. The second kappa shape index (κ2) is 6.87. The predicted octanol–water partition coefficient (Wildman–Crippen LogP) is 0.0124. The fourth-order valence-corrected chi connectivity index (χ4v) is 3.12. The number of aromatic nitrogens is 3. The van der Waals surface area contributed by atoms with E-state index in [4.69, 9.17) is 0 Å². The highest BCUT2D eigenvalue weighted by Crippen LogP contribution is 2.14. The number of hydrogen-bond acceptors (Lipinski definition) is 5. The first kappa shape index (κ1) is 18.1. The molecule has 1 N–H and O–H groups in total. The maximum absolute atomic E-state index is 12.6. The molecule has 8 nitrogen and oxygen atoms in total. The Morgan fingerprint density at radius 2 is 1.92 bits per heavy atom. The van der Waals surface area contributed by atoms with Crippen LogP contribution in [-0.2, 0) is 14.1 Å². The Balaban J connectivity index is 1.90. The van der Waals surface area contributed by atoms with Crippen LogP contribution in [0.15, 0.2) is 33.4 Å². The largest absolute Gasteiger partial charge is 0.345 e. The van der Waals surface area contributed by atoms with E-state index in [0.29, 0.717) is 5.39 Å². The molecule has 0 aromatic carbocycles. The quantitative estimate of drug-likeness (QED) is 0.782. The minimum absolute atomic E-state index is 0.0961. The smallest absolute Gasteiger partial charge is 0.332 e. The molecule has 3 rings (SSSR count). The number of nitrogens with zero attached hydrogens (tertiary/aromatic N) is 4. The lowest BCUT2D eigenvalue weighted by molar-refractivity contribution is 0.0939. The maximum Gasteiger partial charge on any atom is 0.332 e. The van der Waals surface area contributed by atoms with Gasteiger partial charge >= 0.3 is 5.69 Å². The zero-order valence-corrected chi connectivity index (χ0v) is 15.4. The SMILES string of the molecule is CC(NC(=O)c1ccc2c(=O)n(C)c(=O)n(C)c2n1)C1=CCN(C)CC1. The van der Waals surface area contributed by atoms with Gasteiger partial charge in [0, 0.05) is 33.2 Å². The van der Waals surface area contributed by atoms with Crippen molar-refractivity contribution in [3.63, 3.8) is 0 Å². The Hall–Kier alpha value is -2.74. The minimum Gasteiger partial charge on any atom is -0.345 e. The van der Waals surface area contributed by atoms with Gasteiger partial charge in [0.1, 0.15) is 11.3 Å². The van der Waals surface area contributed by atoms with Gasteiger partial charge in [-0.25, -0.2) is 9.78 Å². The Bertz CT molecular complexity index is 1020. The first-order valence-corrected chi connectivity index (χ1v) is 8.54. The van der Waals surface area contributed by atoms with E-state index in [1.165, 1.54) is 30.3 Å². The first-order valence-electron chi connectivity index (χ1n) is 8.54. The van der Waals surface area contributed by atoms with Crippen molar-refractivity contribution in [2.24, 2.45) is 14.1 Å². The zero-order valence-electron chi connectivity index (χ0n) is 15.4. The van der Waals surface area contributed by atoms with Crippen molar-refractivity contribution < 1.29 is 4.79 Å². The minimum atomic E-state index is -0.475. The van der Waals surface area contributed by atoms with Crippen LogP contribution in [0, 0.1) is 0 Å². The Morgan fingerprint density at radius 3 is 2.58 bits per heavy atom. The number of likely N-dealkylation sites (N-methyl/N-ethyl adjacent to an activating group) is 1. The van der Waals surface area contributed by atoms with Crippen molar-refractivity contribution in [1.29, 1.82) is 0 Å². The van der Waals surface area contributed by atoms with Gasteiger partial charge in [-0.1, -0.05) is 6.08 Å². The summed E-state index contributed by atoms with van der Waals surface area (Å²) in [6.07, 6.45) is 3.04. The summed E-state index contributed by atoms with van der Waals surface area (Å²) in [6.45, 7) is 3.78. The molecule has 2 aromatic heterocycles. The number of fused-ring (bicyclic) bond motifs is 1. The van der Waals surface area contributed by atoms with Gasteiger partial charge in [0.2, 0.25) is 0 Å². The summed E-state index contributed by atoms with van der Waals surface area (Å²) in [7, 11) is 5.01. The third kappa shape index (κ3) is 3.20. The number of hydrogen-bond donors (Lipinski definition) is 1. The third-order valence-corrected chi connectivity index (χ3v) is 4.89. The van der Waals surface area contributed by atoms with Crippen LogP contribution in [0.5, 0.6) is 0 Å². The molecule has 8 heteroatoms. The lowest BCUT2D eigenvalue weighted by atomic mass is 10.0. The van der Waals surface area contributed by atoms with E-state index in [1.54, 1.807) is 6.07 Å². The summed E-state index contributed by atoms with van der Waals surface area (Å²) in [5, 5.41) is 3.25. The molecule has 3 heterocycles. The van der Waals surface area contributed by atoms with Gasteiger partial charge in [-0.05, 0) is 38.1 Å². The molecule has 2 aromatic rings. The van der Waals surface area contributed by atoms with Crippen molar-refractivity contribution in [3.8, 4) is 0 Å². The number of pyridine rings is 1. The molecule has 0 bridgehead atoms. The van der Waals surface area contributed by atoms with Crippen molar-refractivity contribution in [2.45, 2.75) is 19.4 Å². The summed E-state index contributed by atoms with van der Waals surface area (Å²) in [6, 6.07) is 2.96. The highest BCUT2D eigenvalue weighted by molar-refractivity contribution is 5.94. The fourth-order valence-electron chi connectivity index (χ4n) is 3.12. The maximum atomic E-state index is 12.6. The summed E-state index contributed by atoms with van der Waals surface area (Å²) in [4.78, 5) is 43.3. The average molecular weight is 357 g/mol. The van der Waals surface area contributed by atoms with E-state index in [9.17, 15) is 14.4 Å². The van der Waals surface area contributed by atoms with E-state index in [1.807, 2.05) is 6.92 Å². The molecule has 138 valence electrons. The highest BCUT2D eigenvalue weighted by atomic mass is 16.2. The second-order valence-electron chi connectivity index (χ2n) is 6.76. The van der Waals surface area contributed by atoms with Crippen LogP contribution in [0.4, 0.5) is 0 Å². The van der Waals surface area contributed by atoms with Crippen LogP contribution in [-0.4, -0.2) is 51.1 Å². The second-order valence-corrected chi connectivity index (χ2v) is 6.76. The number of carbonyl (C=O) groups is 1. The number of amides is 1. The fraction of sp³-hybridized carbons (Fsp3) is 0.444. The van der Waals surface area contributed by atoms with E-state index >= 15 is 0 Å². The Morgan fingerprint density at radius 1 is 1.19 bits per heavy atom. The molecule has 0 spiro atoms. The van der Waals surface area contributed by atoms with Crippen LogP contribution in [0.3, 0.4) is 0 Å². The summed E-state index contributed by atoms with van der Waals surface area (Å²) in [5.74, 6) is -0.327. The molecule has 1 aliphatic heterocycles. The van der Waals surface area contributed by atoms with Crippen molar-refractivity contribution in [3.05, 3.63) is 50.3 Å². The molecule has 1 aliphatic rings. The topological polar surface area (TPSA) is 89.2 Å². The first-order chi connectivity index (χ1) is 12.3. The van der Waals surface area contributed by atoms with Crippen LogP contribution in [0.25, 0.3) is 11.0 Å². The molecule has 1 unspecified atom stereocenters. The van der Waals surface area contributed by atoms with Crippen molar-refractivity contribution in [2.75, 3.05) is 20.1 Å². The van der Waals surface area contributed by atoms with Crippen LogP contribution in [0.2, 0.25) is 0 Å². The van der Waals surface area contributed by atoms with Crippen LogP contribution in [0.1, 0.15) is 23.8 Å². The summed E-state index contributed by atoms with van der Waals surface area (Å²) >= 11 is 0. The van der Waals surface area contributed by atoms with E-state index < -0.39 is 11.2 Å². The van der Waals surface area contributed by atoms with E-state index in [-0.39, 0.29) is 23.3 Å². The van der Waals surface area contributed by atoms with Gasteiger partial charge in [0.25, 0.3) is 11.5 Å². The molecule has 0 fully saturated rings. The van der Waals surface area contributed by atoms with Gasteiger partial charge in [0.15, 0.2) is 0 Å². The molecule has 0 radical (unpaired) electrons. The van der Waals surface area contributed by atoms with E-state index in [2.05, 4.69) is 28.3 Å².